The van der Waals surface area contributed by atoms with Crippen LogP contribution in [0.1, 0.15) is 37.7 Å². The smallest absolute Gasteiger partial charge is 0.304 e. The van der Waals surface area contributed by atoms with Crippen LogP contribution in [0, 0.1) is 0 Å². The van der Waals surface area contributed by atoms with Crippen molar-refractivity contribution in [2.24, 2.45) is 0 Å². The minimum atomic E-state index is -1.03. The van der Waals surface area contributed by atoms with Crippen LogP contribution in [0.25, 0.3) is 22.9 Å². The molecular formula is C53H74N12O15S. The fourth-order valence-electron chi connectivity index (χ4n) is 7.85. The lowest BCUT2D eigenvalue weighted by Gasteiger charge is -2.30. The van der Waals surface area contributed by atoms with Crippen LogP contribution in [0.3, 0.4) is 0 Å². The van der Waals surface area contributed by atoms with Gasteiger partial charge in [-0.3, -0.25) is 29.0 Å². The molecule has 28 heteroatoms. The average Bonchev–Trinajstić information content (AvgIpc) is 3.52. The summed E-state index contributed by atoms with van der Waals surface area (Å²) in [5.74, 6) is -2.98. The summed E-state index contributed by atoms with van der Waals surface area (Å²) in [6, 6.07) is 17.6. The number of anilines is 2. The maximum Gasteiger partial charge on any atom is 0.304 e. The van der Waals surface area contributed by atoms with Gasteiger partial charge in [0.1, 0.15) is 5.69 Å². The van der Waals surface area contributed by atoms with E-state index >= 15 is 0 Å². The third kappa shape index (κ3) is 28.4. The third-order valence-corrected chi connectivity index (χ3v) is 12.1. The first kappa shape index (κ1) is 65.0. The van der Waals surface area contributed by atoms with Gasteiger partial charge in [0.25, 0.3) is 0 Å². The summed E-state index contributed by atoms with van der Waals surface area (Å²) >= 11 is 5.43. The monoisotopic (exact) mass is 1150 g/mol. The van der Waals surface area contributed by atoms with E-state index in [1.54, 1.807) is 42.6 Å². The Labute approximate surface area is 474 Å². The molecule has 27 nitrogen and oxygen atoms in total. The van der Waals surface area contributed by atoms with Crippen LogP contribution in [0.5, 0.6) is 0 Å². The Bertz CT molecular complexity index is 2470. The Morgan fingerprint density at radius 2 is 1.00 bits per heavy atom. The number of carbonyl (C=O) groups excluding carboxylic acids is 2. The van der Waals surface area contributed by atoms with Crippen molar-refractivity contribution in [3.05, 3.63) is 78.5 Å². The van der Waals surface area contributed by atoms with E-state index in [1.165, 1.54) is 0 Å². The molecule has 442 valence electrons. The lowest BCUT2D eigenvalue weighted by Crippen LogP contribution is -2.54. The predicted octanol–water partition coefficient (Wildman–Crippen LogP) is 1.16. The Morgan fingerprint density at radius 1 is 0.519 bits per heavy atom. The van der Waals surface area contributed by atoms with E-state index in [1.807, 2.05) is 30.3 Å². The van der Waals surface area contributed by atoms with Crippen molar-refractivity contribution in [1.82, 2.24) is 52.0 Å². The van der Waals surface area contributed by atoms with Crippen molar-refractivity contribution >= 4 is 58.4 Å². The number of nitrogens with zero attached hydrogens (tertiary/aromatic N) is 5. The number of pyridine rings is 1. The molecule has 0 bridgehead atoms. The zero-order chi connectivity index (χ0) is 57.7. The number of ether oxygens (including phenoxy) is 7. The second kappa shape index (κ2) is 38.8. The first-order valence-electron chi connectivity index (χ1n) is 26.6. The molecule has 1 aliphatic heterocycles. The number of carbonyl (C=O) groups is 5. The number of aliphatic carboxylic acids is 3. The summed E-state index contributed by atoms with van der Waals surface area (Å²) in [5.41, 5.74) is 3.41. The second-order valence-corrected chi connectivity index (χ2v) is 18.6. The first-order chi connectivity index (χ1) is 39.4. The van der Waals surface area contributed by atoms with Crippen LogP contribution in [0.2, 0.25) is 0 Å². The largest absolute Gasteiger partial charge is 0.481 e. The SMILES string of the molecule is O=C(O)CC1CNC(CC(=O)O)C(Cc2ccc(NC(=S)NCCOCCOCCOCCOCCOCCOCCOCCNC(=O)CCC(=O)Nc3ccc(-c4nnc(-c5ccccn5)nn4)cc3)cc2)NC(CC(=O)O)CN1. The fourth-order valence-corrected chi connectivity index (χ4v) is 8.07. The quantitative estimate of drug-likeness (QED) is 0.0221. The van der Waals surface area contributed by atoms with Crippen molar-refractivity contribution in [3.63, 3.8) is 0 Å². The Hall–Kier alpha value is -6.83. The van der Waals surface area contributed by atoms with Crippen molar-refractivity contribution in [2.45, 2.75) is 62.7 Å². The number of carboxylic acid groups (broad SMARTS) is 3. The number of nitrogens with one attached hydrogen (secondary N) is 7. The minimum Gasteiger partial charge on any atom is -0.481 e. The van der Waals surface area contributed by atoms with Crippen LogP contribution < -0.4 is 37.2 Å². The Balaban J connectivity index is 0.758. The number of carboxylic acids is 3. The van der Waals surface area contributed by atoms with E-state index in [-0.39, 0.29) is 57.0 Å². The molecule has 5 rings (SSSR count). The molecule has 4 unspecified atom stereocenters. The van der Waals surface area contributed by atoms with Gasteiger partial charge in [0, 0.05) is 86.3 Å². The van der Waals surface area contributed by atoms with E-state index in [0.29, 0.717) is 146 Å². The number of rotatable bonds is 39. The van der Waals surface area contributed by atoms with Crippen molar-refractivity contribution in [1.29, 1.82) is 0 Å². The molecule has 0 spiro atoms. The standard InChI is InChI=1S/C53H74N12O15S/c66-46(12-13-47(67)60-39-10-6-38(7-11-39)51-62-64-52(65-63-51)43-3-1-2-14-54-43)55-15-17-74-19-21-76-23-25-78-27-29-80-30-28-79-26-24-77-22-20-75-18-16-56-53(81)61-40-8-4-37(5-9-40)31-45-44(34-50(72)73)58-35-41(32-48(68)69)57-36-42(59-45)33-49(70)71/h1-11,14,41-42,44-45,57-59H,12-13,15-36H2,(H,55,66)(H,60,67)(H,68,69)(H,70,71)(H,72,73)(H2,56,61,81). The molecule has 4 aromatic rings. The highest BCUT2D eigenvalue weighted by Crippen LogP contribution is 2.19. The van der Waals surface area contributed by atoms with Crippen molar-refractivity contribution < 1.29 is 72.5 Å². The van der Waals surface area contributed by atoms with E-state index in [9.17, 15) is 39.3 Å². The van der Waals surface area contributed by atoms with Gasteiger partial charge in [0.15, 0.2) is 5.11 Å². The highest BCUT2D eigenvalue weighted by atomic mass is 32.1. The number of hydrogen-bond donors (Lipinski definition) is 10. The first-order valence-corrected chi connectivity index (χ1v) is 27.0. The van der Waals surface area contributed by atoms with Crippen molar-refractivity contribution in [3.8, 4) is 22.9 Å². The number of thiocarbonyl (C=S) groups is 1. The van der Waals surface area contributed by atoms with Gasteiger partial charge in [0.05, 0.1) is 112 Å². The summed E-state index contributed by atoms with van der Waals surface area (Å²) in [6.07, 6.45) is 1.40. The number of amides is 2. The molecule has 1 fully saturated rings. The van der Waals surface area contributed by atoms with Gasteiger partial charge in [-0.2, -0.15) is 0 Å². The van der Waals surface area contributed by atoms with Gasteiger partial charge in [0.2, 0.25) is 23.5 Å². The second-order valence-electron chi connectivity index (χ2n) is 18.2. The number of aromatic nitrogens is 5. The van der Waals surface area contributed by atoms with Crippen LogP contribution in [-0.4, -0.2) is 218 Å². The van der Waals surface area contributed by atoms with Crippen LogP contribution in [0.4, 0.5) is 11.4 Å². The average molecular weight is 1150 g/mol. The van der Waals surface area contributed by atoms with E-state index in [4.69, 9.17) is 45.4 Å². The summed E-state index contributed by atoms with van der Waals surface area (Å²) in [5, 5.41) is 66.7. The van der Waals surface area contributed by atoms with Gasteiger partial charge in [-0.05, 0) is 72.7 Å². The van der Waals surface area contributed by atoms with Crippen LogP contribution >= 0.6 is 12.2 Å². The number of hydrogen-bond acceptors (Lipinski definition) is 21. The molecule has 1 aliphatic rings. The molecule has 2 aromatic heterocycles. The molecule has 2 amide bonds. The Kier molecular flexibility index (Phi) is 31.1. The summed E-state index contributed by atoms with van der Waals surface area (Å²) in [4.78, 5) is 63.6. The summed E-state index contributed by atoms with van der Waals surface area (Å²) < 4.78 is 38.7. The van der Waals surface area contributed by atoms with E-state index < -0.39 is 42.1 Å². The van der Waals surface area contributed by atoms with Crippen LogP contribution in [0.15, 0.2) is 72.9 Å². The van der Waals surface area contributed by atoms with Crippen LogP contribution in [-0.2, 0) is 63.6 Å². The Morgan fingerprint density at radius 3 is 1.54 bits per heavy atom. The van der Waals surface area contributed by atoms with Gasteiger partial charge in [-0.1, -0.05) is 18.2 Å². The van der Waals surface area contributed by atoms with Gasteiger partial charge >= 0.3 is 17.9 Å². The maximum absolute atomic E-state index is 12.4. The van der Waals surface area contributed by atoms with Gasteiger partial charge < -0.3 is 85.7 Å². The lowest BCUT2D eigenvalue weighted by atomic mass is 9.95. The van der Waals surface area contributed by atoms with E-state index in [2.05, 4.69) is 62.6 Å². The predicted molar refractivity (Wildman–Crippen MR) is 298 cm³/mol. The lowest BCUT2D eigenvalue weighted by molar-refractivity contribution is -0.139. The van der Waals surface area contributed by atoms with Gasteiger partial charge in [-0.15, -0.1) is 20.4 Å². The molecular weight excluding hydrogens is 1080 g/mol. The topological polar surface area (TPSA) is 359 Å². The molecule has 0 saturated carbocycles. The molecule has 1 saturated heterocycles. The fraction of sp³-hybridized carbons (Fsp3) is 0.528. The zero-order valence-corrected chi connectivity index (χ0v) is 45.9. The van der Waals surface area contributed by atoms with Gasteiger partial charge in [-0.25, -0.2) is 0 Å². The van der Waals surface area contributed by atoms with Crippen molar-refractivity contribution in [2.75, 3.05) is 129 Å². The summed E-state index contributed by atoms with van der Waals surface area (Å²) in [6.45, 7) is 6.72. The molecule has 10 N–H and O–H groups in total. The molecule has 3 heterocycles. The zero-order valence-electron chi connectivity index (χ0n) is 45.1. The molecule has 0 radical (unpaired) electrons. The molecule has 81 heavy (non-hydrogen) atoms. The third-order valence-electron chi connectivity index (χ3n) is 11.8. The highest BCUT2D eigenvalue weighted by Gasteiger charge is 2.30. The number of benzene rings is 2. The minimum absolute atomic E-state index is 0.0184. The normalized spacial score (nSPS) is 16.3. The molecule has 2 aromatic carbocycles. The summed E-state index contributed by atoms with van der Waals surface area (Å²) in [7, 11) is 0. The molecule has 4 atom stereocenters. The molecule has 0 aliphatic carbocycles. The maximum atomic E-state index is 12.4. The highest BCUT2D eigenvalue weighted by molar-refractivity contribution is 7.80. The van der Waals surface area contributed by atoms with E-state index in [0.717, 1.165) is 11.3 Å².